The Morgan fingerprint density at radius 2 is 1.67 bits per heavy atom. The van der Waals surface area contributed by atoms with Gasteiger partial charge in [0.15, 0.2) is 12.7 Å². The molecule has 126 valence electrons. The molecule has 2 aromatic carbocycles. The van der Waals surface area contributed by atoms with Crippen molar-refractivity contribution in [3.05, 3.63) is 64.7 Å². The third-order valence-electron chi connectivity index (χ3n) is 3.63. The second kappa shape index (κ2) is 7.75. The number of aliphatic hydroxyl groups is 1. The summed E-state index contributed by atoms with van der Waals surface area (Å²) in [5.41, 5.74) is 4.13. The molecule has 0 spiro atoms. The quantitative estimate of drug-likeness (QED) is 0.828. The molecule has 0 heterocycles. The van der Waals surface area contributed by atoms with Crippen LogP contribution in [-0.2, 0) is 14.3 Å². The van der Waals surface area contributed by atoms with Gasteiger partial charge in [0.2, 0.25) is 0 Å². The SMILES string of the molecule is Cc1cc(C)c(NC(=O)COC(=O)[C@@H](O)c2ccccc2)c(C)c1. The van der Waals surface area contributed by atoms with Gasteiger partial charge in [-0.1, -0.05) is 48.0 Å². The van der Waals surface area contributed by atoms with Crippen LogP contribution in [0.4, 0.5) is 5.69 Å². The second-order valence-electron chi connectivity index (χ2n) is 5.74. The lowest BCUT2D eigenvalue weighted by molar-refractivity contribution is -0.156. The summed E-state index contributed by atoms with van der Waals surface area (Å²) in [6.07, 6.45) is -1.40. The molecule has 0 bridgehead atoms. The maximum atomic E-state index is 12.0. The van der Waals surface area contributed by atoms with E-state index in [2.05, 4.69) is 5.32 Å². The number of aryl methyl sites for hydroxylation is 3. The molecule has 1 amide bonds. The molecule has 0 saturated heterocycles. The first-order valence-electron chi connectivity index (χ1n) is 7.66. The number of esters is 1. The topological polar surface area (TPSA) is 75.6 Å². The normalized spacial score (nSPS) is 11.7. The van der Waals surface area contributed by atoms with Crippen LogP contribution in [0.1, 0.15) is 28.4 Å². The second-order valence-corrected chi connectivity index (χ2v) is 5.74. The zero-order chi connectivity index (χ0) is 17.7. The molecule has 24 heavy (non-hydrogen) atoms. The van der Waals surface area contributed by atoms with E-state index in [1.54, 1.807) is 30.3 Å². The predicted molar refractivity (Wildman–Crippen MR) is 91.6 cm³/mol. The number of ether oxygens (including phenoxy) is 1. The highest BCUT2D eigenvalue weighted by molar-refractivity contribution is 5.94. The van der Waals surface area contributed by atoms with Crippen LogP contribution < -0.4 is 5.32 Å². The van der Waals surface area contributed by atoms with Crippen LogP contribution in [0, 0.1) is 20.8 Å². The van der Waals surface area contributed by atoms with Gasteiger partial charge in [0.05, 0.1) is 0 Å². The number of carbonyl (C=O) groups is 2. The van der Waals surface area contributed by atoms with Crippen LogP contribution in [0.5, 0.6) is 0 Å². The van der Waals surface area contributed by atoms with Gasteiger partial charge in [-0.2, -0.15) is 0 Å². The van der Waals surface area contributed by atoms with Crippen LogP contribution in [0.25, 0.3) is 0 Å². The first-order chi connectivity index (χ1) is 11.4. The molecule has 0 radical (unpaired) electrons. The summed E-state index contributed by atoms with van der Waals surface area (Å²) in [6, 6.07) is 12.4. The average molecular weight is 327 g/mol. The molecule has 2 rings (SSSR count). The van der Waals surface area contributed by atoms with Crippen LogP contribution in [-0.4, -0.2) is 23.6 Å². The van der Waals surface area contributed by atoms with E-state index in [9.17, 15) is 14.7 Å². The van der Waals surface area contributed by atoms with Gasteiger partial charge in [-0.05, 0) is 37.5 Å². The lowest BCUT2D eigenvalue weighted by Crippen LogP contribution is -2.24. The first-order valence-corrected chi connectivity index (χ1v) is 7.66. The number of carbonyl (C=O) groups excluding carboxylic acids is 2. The average Bonchev–Trinajstić information content (AvgIpc) is 2.56. The molecule has 0 aliphatic heterocycles. The van der Waals surface area contributed by atoms with E-state index >= 15 is 0 Å². The van der Waals surface area contributed by atoms with E-state index in [0.29, 0.717) is 11.3 Å². The van der Waals surface area contributed by atoms with Gasteiger partial charge in [0.1, 0.15) is 0 Å². The van der Waals surface area contributed by atoms with Gasteiger partial charge in [-0.3, -0.25) is 4.79 Å². The van der Waals surface area contributed by atoms with Crippen molar-refractivity contribution < 1.29 is 19.4 Å². The number of hydrogen-bond donors (Lipinski definition) is 2. The van der Waals surface area contributed by atoms with E-state index in [-0.39, 0.29) is 0 Å². The minimum absolute atomic E-state index is 0.424. The first kappa shape index (κ1) is 17.7. The Bertz CT molecular complexity index is 717. The smallest absolute Gasteiger partial charge is 0.340 e. The largest absolute Gasteiger partial charge is 0.453 e. The van der Waals surface area contributed by atoms with Gasteiger partial charge in [-0.25, -0.2) is 4.79 Å². The highest BCUT2D eigenvalue weighted by Gasteiger charge is 2.20. The lowest BCUT2D eigenvalue weighted by atomic mass is 10.1. The summed E-state index contributed by atoms with van der Waals surface area (Å²) in [4.78, 5) is 23.8. The van der Waals surface area contributed by atoms with Gasteiger partial charge in [-0.15, -0.1) is 0 Å². The van der Waals surface area contributed by atoms with Crippen molar-refractivity contribution in [3.8, 4) is 0 Å². The molecule has 0 aromatic heterocycles. The van der Waals surface area contributed by atoms with Crippen molar-refractivity contribution in [2.24, 2.45) is 0 Å². The Morgan fingerprint density at radius 3 is 2.25 bits per heavy atom. The summed E-state index contributed by atoms with van der Waals surface area (Å²) in [5.74, 6) is -1.30. The number of rotatable bonds is 5. The van der Waals surface area contributed by atoms with Crippen LogP contribution in [0.15, 0.2) is 42.5 Å². The van der Waals surface area contributed by atoms with E-state index in [1.807, 2.05) is 32.9 Å². The molecule has 0 fully saturated rings. The number of aliphatic hydroxyl groups excluding tert-OH is 1. The fourth-order valence-corrected chi connectivity index (χ4v) is 2.54. The molecule has 0 saturated carbocycles. The standard InChI is InChI=1S/C19H21NO4/c1-12-9-13(2)17(14(3)10-12)20-16(21)11-24-19(23)18(22)15-7-5-4-6-8-15/h4-10,18,22H,11H2,1-3H3,(H,20,21)/t18-/m0/s1. The Hall–Kier alpha value is -2.66. The summed E-state index contributed by atoms with van der Waals surface area (Å²) in [7, 11) is 0. The number of benzene rings is 2. The van der Waals surface area contributed by atoms with E-state index in [4.69, 9.17) is 4.74 Å². The zero-order valence-electron chi connectivity index (χ0n) is 14.0. The Morgan fingerprint density at radius 1 is 1.08 bits per heavy atom. The number of anilines is 1. The third-order valence-corrected chi connectivity index (χ3v) is 3.63. The van der Waals surface area contributed by atoms with E-state index < -0.39 is 24.6 Å². The Balaban J connectivity index is 1.93. The van der Waals surface area contributed by atoms with Crippen LogP contribution >= 0.6 is 0 Å². The fraction of sp³-hybridized carbons (Fsp3) is 0.263. The molecule has 1 atom stereocenters. The minimum atomic E-state index is -1.40. The summed E-state index contributed by atoms with van der Waals surface area (Å²) < 4.78 is 4.89. The molecule has 0 unspecified atom stereocenters. The highest BCUT2D eigenvalue weighted by atomic mass is 16.5. The van der Waals surface area contributed by atoms with Gasteiger partial charge < -0.3 is 15.2 Å². The predicted octanol–water partition coefficient (Wildman–Crippen LogP) is 2.83. The van der Waals surface area contributed by atoms with Crippen molar-refractivity contribution in [2.45, 2.75) is 26.9 Å². The molecule has 5 nitrogen and oxygen atoms in total. The molecule has 0 aliphatic rings. The van der Waals surface area contributed by atoms with Crippen molar-refractivity contribution in [3.63, 3.8) is 0 Å². The summed E-state index contributed by atoms with van der Waals surface area (Å²) in [5, 5.41) is 12.6. The number of amides is 1. The molecule has 5 heteroatoms. The van der Waals surface area contributed by atoms with Crippen molar-refractivity contribution in [1.82, 2.24) is 0 Å². The number of nitrogens with one attached hydrogen (secondary N) is 1. The Labute approximate surface area is 141 Å². The van der Waals surface area contributed by atoms with E-state index in [0.717, 1.165) is 16.7 Å². The monoisotopic (exact) mass is 327 g/mol. The number of hydrogen-bond acceptors (Lipinski definition) is 4. The molecule has 2 N–H and O–H groups in total. The van der Waals surface area contributed by atoms with Crippen molar-refractivity contribution >= 4 is 17.6 Å². The van der Waals surface area contributed by atoms with Gasteiger partial charge in [0.25, 0.3) is 5.91 Å². The van der Waals surface area contributed by atoms with E-state index in [1.165, 1.54) is 0 Å². The molecular formula is C19H21NO4. The zero-order valence-corrected chi connectivity index (χ0v) is 14.0. The lowest BCUT2D eigenvalue weighted by Gasteiger charge is -2.14. The summed E-state index contributed by atoms with van der Waals surface area (Å²) >= 11 is 0. The maximum Gasteiger partial charge on any atom is 0.340 e. The van der Waals surface area contributed by atoms with Crippen molar-refractivity contribution in [1.29, 1.82) is 0 Å². The van der Waals surface area contributed by atoms with Gasteiger partial charge in [0, 0.05) is 5.69 Å². The molecule has 0 aliphatic carbocycles. The maximum absolute atomic E-state index is 12.0. The fourth-order valence-electron chi connectivity index (χ4n) is 2.54. The van der Waals surface area contributed by atoms with Gasteiger partial charge >= 0.3 is 5.97 Å². The third kappa shape index (κ3) is 4.43. The highest BCUT2D eigenvalue weighted by Crippen LogP contribution is 2.22. The van der Waals surface area contributed by atoms with Crippen molar-refractivity contribution in [2.75, 3.05) is 11.9 Å². The summed E-state index contributed by atoms with van der Waals surface area (Å²) in [6.45, 7) is 5.34. The minimum Gasteiger partial charge on any atom is -0.453 e. The molecule has 2 aromatic rings. The Kier molecular flexibility index (Phi) is 5.71. The molecular weight excluding hydrogens is 306 g/mol. The van der Waals surface area contributed by atoms with Crippen LogP contribution in [0.3, 0.4) is 0 Å². The van der Waals surface area contributed by atoms with Crippen LogP contribution in [0.2, 0.25) is 0 Å².